The Morgan fingerprint density at radius 1 is 0.789 bits per heavy atom. The first kappa shape index (κ1) is 13.5. The molecule has 0 saturated carbocycles. The van der Waals surface area contributed by atoms with Gasteiger partial charge in [0.2, 0.25) is 0 Å². The average Bonchev–Trinajstić information content (AvgIpc) is 2.47. The van der Waals surface area contributed by atoms with Crippen LogP contribution in [-0.4, -0.2) is 6.61 Å². The maximum atomic E-state index is 5.81. The molecule has 0 aliphatic carbocycles. The van der Waals surface area contributed by atoms with Gasteiger partial charge in [-0.05, 0) is 48.7 Å². The zero-order valence-electron chi connectivity index (χ0n) is 11.6. The predicted octanol–water partition coefficient (Wildman–Crippen LogP) is 4.23. The van der Waals surface area contributed by atoms with Gasteiger partial charge >= 0.3 is 0 Å². The van der Waals surface area contributed by atoms with E-state index in [1.807, 2.05) is 43.3 Å². The minimum absolute atomic E-state index is 0.577. The lowest BCUT2D eigenvalue weighted by Crippen LogP contribution is -2.01. The van der Waals surface area contributed by atoms with Crippen LogP contribution in [0.1, 0.15) is 25.0 Å². The molecular weight excluding hydrogens is 236 g/mol. The molecule has 19 heavy (non-hydrogen) atoms. The van der Waals surface area contributed by atoms with Crippen molar-refractivity contribution in [3.05, 3.63) is 59.7 Å². The molecule has 0 atom stereocenters. The highest BCUT2D eigenvalue weighted by atomic mass is 16.5. The van der Waals surface area contributed by atoms with E-state index in [4.69, 9.17) is 9.47 Å². The highest BCUT2D eigenvalue weighted by molar-refractivity contribution is 5.36. The maximum Gasteiger partial charge on any atom is 0.119 e. The summed E-state index contributed by atoms with van der Waals surface area (Å²) in [6.07, 6.45) is 1.000. The summed E-state index contributed by atoms with van der Waals surface area (Å²) in [6.45, 7) is 5.41. The fourth-order valence-electron chi connectivity index (χ4n) is 2.02. The van der Waals surface area contributed by atoms with E-state index in [2.05, 4.69) is 19.1 Å². The zero-order valence-corrected chi connectivity index (χ0v) is 11.6. The lowest BCUT2D eigenvalue weighted by atomic mass is 10.1. The van der Waals surface area contributed by atoms with Crippen LogP contribution in [-0.2, 0) is 13.0 Å². The molecule has 0 spiro atoms. The number of rotatable bonds is 6. The Bertz CT molecular complexity index is 506. The minimum atomic E-state index is 0.577. The molecule has 0 aliphatic heterocycles. The predicted molar refractivity (Wildman–Crippen MR) is 77.8 cm³/mol. The van der Waals surface area contributed by atoms with Crippen molar-refractivity contribution in [2.24, 2.45) is 0 Å². The van der Waals surface area contributed by atoms with Crippen LogP contribution in [0.4, 0.5) is 0 Å². The van der Waals surface area contributed by atoms with E-state index in [0.29, 0.717) is 13.2 Å². The third-order valence-corrected chi connectivity index (χ3v) is 3.01. The lowest BCUT2D eigenvalue weighted by Gasteiger charge is -2.12. The van der Waals surface area contributed by atoms with E-state index < -0.39 is 0 Å². The van der Waals surface area contributed by atoms with Gasteiger partial charge in [0.05, 0.1) is 6.61 Å². The average molecular weight is 256 g/mol. The zero-order chi connectivity index (χ0) is 13.5. The summed E-state index contributed by atoms with van der Waals surface area (Å²) in [5.74, 6) is 1.80. The monoisotopic (exact) mass is 256 g/mol. The van der Waals surface area contributed by atoms with E-state index in [1.165, 1.54) is 11.1 Å². The number of benzene rings is 2. The molecule has 0 aliphatic rings. The fourth-order valence-corrected chi connectivity index (χ4v) is 2.02. The van der Waals surface area contributed by atoms with Crippen LogP contribution in [0.3, 0.4) is 0 Å². The molecule has 0 amide bonds. The van der Waals surface area contributed by atoms with Crippen LogP contribution >= 0.6 is 0 Å². The molecule has 0 fully saturated rings. The smallest absolute Gasteiger partial charge is 0.119 e. The molecule has 2 aromatic rings. The topological polar surface area (TPSA) is 18.5 Å². The molecule has 0 radical (unpaired) electrons. The third-order valence-electron chi connectivity index (χ3n) is 3.01. The Morgan fingerprint density at radius 3 is 2.26 bits per heavy atom. The molecule has 2 aromatic carbocycles. The van der Waals surface area contributed by atoms with Gasteiger partial charge in [0.1, 0.15) is 18.1 Å². The SMILES string of the molecule is CCOc1ccc(CC)c(COc2ccccc2)c1. The Hall–Kier alpha value is -1.96. The van der Waals surface area contributed by atoms with Crippen LogP contribution in [0.2, 0.25) is 0 Å². The Balaban J connectivity index is 2.11. The van der Waals surface area contributed by atoms with Crippen molar-refractivity contribution >= 4 is 0 Å². The van der Waals surface area contributed by atoms with Crippen molar-refractivity contribution in [3.63, 3.8) is 0 Å². The number of ether oxygens (including phenoxy) is 2. The summed E-state index contributed by atoms with van der Waals surface area (Å²) < 4.78 is 11.4. The van der Waals surface area contributed by atoms with Crippen LogP contribution in [0.25, 0.3) is 0 Å². The number of hydrogen-bond donors (Lipinski definition) is 0. The summed E-state index contributed by atoms with van der Waals surface area (Å²) in [5.41, 5.74) is 2.50. The summed E-state index contributed by atoms with van der Waals surface area (Å²) in [5, 5.41) is 0. The molecule has 0 N–H and O–H groups in total. The van der Waals surface area contributed by atoms with Crippen molar-refractivity contribution in [2.45, 2.75) is 26.9 Å². The minimum Gasteiger partial charge on any atom is -0.494 e. The summed E-state index contributed by atoms with van der Waals surface area (Å²) in [7, 11) is 0. The summed E-state index contributed by atoms with van der Waals surface area (Å²) in [6, 6.07) is 16.1. The number of para-hydroxylation sites is 1. The fraction of sp³-hybridized carbons (Fsp3) is 0.294. The molecule has 0 heterocycles. The molecule has 0 aromatic heterocycles. The van der Waals surface area contributed by atoms with Crippen molar-refractivity contribution in [1.82, 2.24) is 0 Å². The Labute approximate surface area is 115 Å². The van der Waals surface area contributed by atoms with Gasteiger partial charge in [-0.1, -0.05) is 31.2 Å². The van der Waals surface area contributed by atoms with Crippen LogP contribution < -0.4 is 9.47 Å². The quantitative estimate of drug-likeness (QED) is 0.770. The van der Waals surface area contributed by atoms with E-state index >= 15 is 0 Å². The molecule has 2 heteroatoms. The molecule has 0 unspecified atom stereocenters. The first-order chi connectivity index (χ1) is 9.33. The van der Waals surface area contributed by atoms with E-state index in [-0.39, 0.29) is 0 Å². The van der Waals surface area contributed by atoms with Gasteiger partial charge < -0.3 is 9.47 Å². The number of hydrogen-bond acceptors (Lipinski definition) is 2. The first-order valence-electron chi connectivity index (χ1n) is 6.76. The molecule has 0 saturated heterocycles. The van der Waals surface area contributed by atoms with E-state index in [1.54, 1.807) is 0 Å². The largest absolute Gasteiger partial charge is 0.494 e. The van der Waals surface area contributed by atoms with Crippen LogP contribution in [0.5, 0.6) is 11.5 Å². The highest BCUT2D eigenvalue weighted by Crippen LogP contribution is 2.20. The van der Waals surface area contributed by atoms with Crippen molar-refractivity contribution in [2.75, 3.05) is 6.61 Å². The maximum absolute atomic E-state index is 5.81. The second-order valence-corrected chi connectivity index (χ2v) is 4.32. The molecule has 2 nitrogen and oxygen atoms in total. The van der Waals surface area contributed by atoms with E-state index in [9.17, 15) is 0 Å². The van der Waals surface area contributed by atoms with Crippen molar-refractivity contribution < 1.29 is 9.47 Å². The molecule has 100 valence electrons. The summed E-state index contributed by atoms with van der Waals surface area (Å²) >= 11 is 0. The van der Waals surface area contributed by atoms with Gasteiger partial charge in [-0.2, -0.15) is 0 Å². The Morgan fingerprint density at radius 2 is 1.58 bits per heavy atom. The van der Waals surface area contributed by atoms with Gasteiger partial charge in [-0.3, -0.25) is 0 Å². The molecule has 2 rings (SSSR count). The van der Waals surface area contributed by atoms with Gasteiger partial charge in [-0.25, -0.2) is 0 Å². The Kier molecular flexibility index (Phi) is 4.85. The first-order valence-corrected chi connectivity index (χ1v) is 6.76. The van der Waals surface area contributed by atoms with Gasteiger partial charge in [0.25, 0.3) is 0 Å². The molecule has 0 bridgehead atoms. The van der Waals surface area contributed by atoms with E-state index in [0.717, 1.165) is 17.9 Å². The third kappa shape index (κ3) is 3.75. The van der Waals surface area contributed by atoms with Crippen LogP contribution in [0, 0.1) is 0 Å². The number of aryl methyl sites for hydroxylation is 1. The highest BCUT2D eigenvalue weighted by Gasteiger charge is 2.04. The van der Waals surface area contributed by atoms with Crippen molar-refractivity contribution in [3.8, 4) is 11.5 Å². The van der Waals surface area contributed by atoms with Gasteiger partial charge in [0, 0.05) is 0 Å². The molecular formula is C17H20O2. The second-order valence-electron chi connectivity index (χ2n) is 4.32. The normalized spacial score (nSPS) is 10.2. The lowest BCUT2D eigenvalue weighted by molar-refractivity contribution is 0.302. The van der Waals surface area contributed by atoms with Gasteiger partial charge in [0.15, 0.2) is 0 Å². The second kappa shape index (κ2) is 6.83. The standard InChI is InChI=1S/C17H20O2/c1-3-14-10-11-17(18-4-2)12-15(14)13-19-16-8-6-5-7-9-16/h5-12H,3-4,13H2,1-2H3. The van der Waals surface area contributed by atoms with Gasteiger partial charge in [-0.15, -0.1) is 0 Å². The summed E-state index contributed by atoms with van der Waals surface area (Å²) in [4.78, 5) is 0. The van der Waals surface area contributed by atoms with Crippen molar-refractivity contribution in [1.29, 1.82) is 0 Å². The van der Waals surface area contributed by atoms with Crippen LogP contribution in [0.15, 0.2) is 48.5 Å².